The van der Waals surface area contributed by atoms with Gasteiger partial charge in [-0.25, -0.2) is 0 Å². The second-order valence-electron chi connectivity index (χ2n) is 6.52. The van der Waals surface area contributed by atoms with Crippen LogP contribution in [-0.4, -0.2) is 11.2 Å². The Morgan fingerprint density at radius 1 is 1.04 bits per heavy atom. The summed E-state index contributed by atoms with van der Waals surface area (Å²) in [7, 11) is 0. The van der Waals surface area contributed by atoms with Gasteiger partial charge < -0.3 is 15.6 Å². The number of benzene rings is 2. The van der Waals surface area contributed by atoms with E-state index in [0.29, 0.717) is 6.61 Å². The Morgan fingerprint density at radius 3 is 2.08 bits per heavy atom. The Kier molecular flexibility index (Phi) is 7.74. The van der Waals surface area contributed by atoms with Crippen LogP contribution in [0.1, 0.15) is 42.1 Å². The highest BCUT2D eigenvalue weighted by atomic mass is 35.5. The van der Waals surface area contributed by atoms with Crippen molar-refractivity contribution in [2.24, 2.45) is 11.7 Å². The first kappa shape index (κ1) is 20.5. The number of halogens is 1. The van der Waals surface area contributed by atoms with Crippen LogP contribution in [0.5, 0.6) is 5.75 Å². The summed E-state index contributed by atoms with van der Waals surface area (Å²) in [6.07, 6.45) is -0.551. The van der Waals surface area contributed by atoms with Gasteiger partial charge >= 0.3 is 0 Å². The number of ether oxygens (including phenoxy) is 1. The summed E-state index contributed by atoms with van der Waals surface area (Å²) in [6, 6.07) is 13.8. The van der Waals surface area contributed by atoms with Crippen molar-refractivity contribution in [3.05, 3.63) is 64.7 Å². The molecule has 0 aromatic heterocycles. The smallest absolute Gasteiger partial charge is 0.125 e. The largest absolute Gasteiger partial charge is 0.488 e. The van der Waals surface area contributed by atoms with Gasteiger partial charge in [-0.1, -0.05) is 56.3 Å². The molecule has 0 bridgehead atoms. The van der Waals surface area contributed by atoms with Crippen LogP contribution in [-0.2, 0) is 6.61 Å². The molecular formula is C20H28ClNO2. The molecule has 0 amide bonds. The van der Waals surface area contributed by atoms with E-state index in [1.807, 2.05) is 70.2 Å². The molecule has 0 aliphatic heterocycles. The number of nitrogens with two attached hydrogens (primary N) is 1. The van der Waals surface area contributed by atoms with E-state index in [4.69, 9.17) is 10.5 Å². The fourth-order valence-corrected chi connectivity index (χ4v) is 2.75. The fourth-order valence-electron chi connectivity index (χ4n) is 2.75. The van der Waals surface area contributed by atoms with Gasteiger partial charge in [-0.15, -0.1) is 12.4 Å². The monoisotopic (exact) mass is 349 g/mol. The number of hydrogen-bond donors (Lipinski definition) is 2. The minimum Gasteiger partial charge on any atom is -0.488 e. The number of rotatable bonds is 6. The van der Waals surface area contributed by atoms with Gasteiger partial charge in [0.05, 0.1) is 12.1 Å². The lowest BCUT2D eigenvalue weighted by Gasteiger charge is -2.24. The Labute approximate surface area is 151 Å². The van der Waals surface area contributed by atoms with Crippen molar-refractivity contribution in [3.8, 4) is 5.75 Å². The quantitative estimate of drug-likeness (QED) is 0.816. The number of hydrogen-bond acceptors (Lipinski definition) is 3. The van der Waals surface area contributed by atoms with Crippen LogP contribution in [0.25, 0.3) is 0 Å². The molecule has 0 saturated heterocycles. The van der Waals surface area contributed by atoms with Gasteiger partial charge in [-0.3, -0.25) is 0 Å². The first-order valence-corrected chi connectivity index (χ1v) is 8.11. The van der Waals surface area contributed by atoms with Crippen LogP contribution in [0, 0.1) is 19.8 Å². The molecule has 2 aromatic rings. The van der Waals surface area contributed by atoms with E-state index < -0.39 is 6.10 Å². The van der Waals surface area contributed by atoms with Crippen LogP contribution in [0.15, 0.2) is 42.5 Å². The second kappa shape index (κ2) is 9.07. The maximum Gasteiger partial charge on any atom is 0.125 e. The second-order valence-corrected chi connectivity index (χ2v) is 6.52. The third-order valence-corrected chi connectivity index (χ3v) is 4.14. The molecule has 3 nitrogen and oxygen atoms in total. The third-order valence-electron chi connectivity index (χ3n) is 4.14. The molecule has 0 spiro atoms. The Balaban J connectivity index is 0.00000288. The minimum absolute atomic E-state index is 0. The summed E-state index contributed by atoms with van der Waals surface area (Å²) in [6.45, 7) is 8.53. The van der Waals surface area contributed by atoms with E-state index in [-0.39, 0.29) is 24.4 Å². The highest BCUT2D eigenvalue weighted by molar-refractivity contribution is 5.85. The number of aliphatic hydroxyl groups is 1. The van der Waals surface area contributed by atoms with Crippen molar-refractivity contribution in [2.75, 3.05) is 0 Å². The molecule has 132 valence electrons. The Hall–Kier alpha value is -1.55. The molecule has 0 unspecified atom stereocenters. The van der Waals surface area contributed by atoms with Crippen molar-refractivity contribution in [2.45, 2.75) is 46.4 Å². The highest BCUT2D eigenvalue weighted by Gasteiger charge is 2.21. The zero-order valence-corrected chi connectivity index (χ0v) is 15.6. The van der Waals surface area contributed by atoms with Crippen molar-refractivity contribution in [1.29, 1.82) is 0 Å². The standard InChI is InChI=1S/C20H27NO2.ClH/c1-13(2)19(22)18(21)17-10-14(3)20(15(4)11-17)23-12-16-8-6-5-7-9-16;/h5-11,13,18-19,22H,12,21H2,1-4H3;1H/t18-,19+;/m0./s1. The van der Waals surface area contributed by atoms with Crippen molar-refractivity contribution >= 4 is 12.4 Å². The van der Waals surface area contributed by atoms with Gasteiger partial charge in [0.15, 0.2) is 0 Å². The fraction of sp³-hybridized carbons (Fsp3) is 0.400. The minimum atomic E-state index is -0.551. The van der Waals surface area contributed by atoms with Crippen LogP contribution in [0.3, 0.4) is 0 Å². The normalized spacial score (nSPS) is 13.3. The summed E-state index contributed by atoms with van der Waals surface area (Å²) in [5, 5.41) is 10.2. The lowest BCUT2D eigenvalue weighted by atomic mass is 9.92. The molecule has 24 heavy (non-hydrogen) atoms. The molecule has 0 fully saturated rings. The summed E-state index contributed by atoms with van der Waals surface area (Å²) >= 11 is 0. The van der Waals surface area contributed by atoms with Crippen LogP contribution < -0.4 is 10.5 Å². The lowest BCUT2D eigenvalue weighted by molar-refractivity contribution is 0.0979. The molecule has 0 radical (unpaired) electrons. The van der Waals surface area contributed by atoms with Crippen molar-refractivity contribution in [3.63, 3.8) is 0 Å². The Bertz CT molecular complexity index is 620. The molecule has 3 N–H and O–H groups in total. The summed E-state index contributed by atoms with van der Waals surface area (Å²) in [4.78, 5) is 0. The van der Waals surface area contributed by atoms with Gasteiger partial charge in [0.25, 0.3) is 0 Å². The van der Waals surface area contributed by atoms with Crippen LogP contribution >= 0.6 is 12.4 Å². The van der Waals surface area contributed by atoms with Gasteiger partial charge in [-0.05, 0) is 42.0 Å². The average Bonchev–Trinajstić information content (AvgIpc) is 2.53. The van der Waals surface area contributed by atoms with Crippen LogP contribution in [0.4, 0.5) is 0 Å². The zero-order valence-electron chi connectivity index (χ0n) is 14.8. The third kappa shape index (κ3) is 4.97. The first-order chi connectivity index (χ1) is 10.9. The summed E-state index contributed by atoms with van der Waals surface area (Å²) in [5.41, 5.74) is 10.4. The van der Waals surface area contributed by atoms with Crippen LogP contribution in [0.2, 0.25) is 0 Å². The molecule has 0 aliphatic rings. The average molecular weight is 350 g/mol. The van der Waals surface area contributed by atoms with Gasteiger partial charge in [-0.2, -0.15) is 0 Å². The van der Waals surface area contributed by atoms with Crippen molar-refractivity contribution in [1.82, 2.24) is 0 Å². The Morgan fingerprint density at radius 2 is 1.58 bits per heavy atom. The van der Waals surface area contributed by atoms with E-state index in [1.165, 1.54) is 0 Å². The molecular weight excluding hydrogens is 322 g/mol. The van der Waals surface area contributed by atoms with E-state index in [9.17, 15) is 5.11 Å². The number of aliphatic hydroxyl groups excluding tert-OH is 1. The molecule has 0 aliphatic carbocycles. The van der Waals surface area contributed by atoms with E-state index in [1.54, 1.807) is 0 Å². The van der Waals surface area contributed by atoms with E-state index >= 15 is 0 Å². The van der Waals surface area contributed by atoms with Crippen molar-refractivity contribution < 1.29 is 9.84 Å². The summed E-state index contributed by atoms with van der Waals surface area (Å²) < 4.78 is 5.99. The molecule has 0 heterocycles. The van der Waals surface area contributed by atoms with E-state index in [0.717, 1.165) is 28.0 Å². The predicted octanol–water partition coefficient (Wildman–Crippen LogP) is 4.32. The molecule has 2 atom stereocenters. The molecule has 2 rings (SSSR count). The van der Waals surface area contributed by atoms with Gasteiger partial charge in [0, 0.05) is 0 Å². The number of aryl methyl sites for hydroxylation is 2. The molecule has 2 aromatic carbocycles. The predicted molar refractivity (Wildman–Crippen MR) is 102 cm³/mol. The maximum atomic E-state index is 10.2. The SMILES string of the molecule is Cc1cc([C@H](N)[C@H](O)C(C)C)cc(C)c1OCc1ccccc1.Cl. The topological polar surface area (TPSA) is 55.5 Å². The maximum absolute atomic E-state index is 10.2. The summed E-state index contributed by atoms with van der Waals surface area (Å²) in [5.74, 6) is 1.02. The highest BCUT2D eigenvalue weighted by Crippen LogP contribution is 2.29. The molecule has 4 heteroatoms. The van der Waals surface area contributed by atoms with Gasteiger partial charge in [0.2, 0.25) is 0 Å². The van der Waals surface area contributed by atoms with E-state index in [2.05, 4.69) is 0 Å². The lowest BCUT2D eigenvalue weighted by Crippen LogP contribution is -2.30. The molecule has 0 saturated carbocycles. The zero-order chi connectivity index (χ0) is 17.0. The first-order valence-electron chi connectivity index (χ1n) is 8.11. The van der Waals surface area contributed by atoms with Gasteiger partial charge in [0.1, 0.15) is 12.4 Å².